The van der Waals surface area contributed by atoms with Crippen LogP contribution in [0.15, 0.2) is 12.1 Å². The van der Waals surface area contributed by atoms with Gasteiger partial charge in [-0.15, -0.1) is 0 Å². The standard InChI is InChI=1S/C12H12N2O4/c1-14-10(4-5-11(17)18)13-8-2-3-9(16)7(6-15)12(8)14/h2-3,6,16H,4-5H2,1H3,(H,17,18). The Bertz CT molecular complexity index is 631. The molecule has 2 N–H and O–H groups in total. The van der Waals surface area contributed by atoms with Crippen LogP contribution in [0.5, 0.6) is 5.75 Å². The molecule has 2 rings (SSSR count). The number of nitrogens with zero attached hydrogens (tertiary/aromatic N) is 2. The van der Waals surface area contributed by atoms with Crippen molar-refractivity contribution >= 4 is 23.3 Å². The number of phenols is 1. The van der Waals surface area contributed by atoms with Gasteiger partial charge in [0.15, 0.2) is 6.29 Å². The van der Waals surface area contributed by atoms with E-state index in [1.54, 1.807) is 17.7 Å². The number of carbonyl (C=O) groups is 2. The number of imidazole rings is 1. The highest BCUT2D eigenvalue weighted by molar-refractivity contribution is 5.97. The lowest BCUT2D eigenvalue weighted by atomic mass is 10.2. The monoisotopic (exact) mass is 248 g/mol. The van der Waals surface area contributed by atoms with Crippen molar-refractivity contribution in [2.24, 2.45) is 7.05 Å². The van der Waals surface area contributed by atoms with E-state index in [0.717, 1.165) is 0 Å². The molecule has 0 spiro atoms. The van der Waals surface area contributed by atoms with Crippen molar-refractivity contribution in [3.05, 3.63) is 23.5 Å². The van der Waals surface area contributed by atoms with Gasteiger partial charge in [0.05, 0.1) is 23.0 Å². The second-order valence-corrected chi connectivity index (χ2v) is 3.96. The van der Waals surface area contributed by atoms with Gasteiger partial charge in [-0.3, -0.25) is 9.59 Å². The molecular formula is C12H12N2O4. The maximum absolute atomic E-state index is 11.0. The number of fused-ring (bicyclic) bond motifs is 1. The number of carboxylic acids is 1. The Morgan fingerprint density at radius 2 is 2.22 bits per heavy atom. The molecule has 2 aromatic rings. The van der Waals surface area contributed by atoms with E-state index >= 15 is 0 Å². The molecule has 0 aliphatic rings. The van der Waals surface area contributed by atoms with Gasteiger partial charge in [0.2, 0.25) is 0 Å². The van der Waals surface area contributed by atoms with Crippen LogP contribution in [0, 0.1) is 0 Å². The van der Waals surface area contributed by atoms with Crippen LogP contribution in [-0.4, -0.2) is 32.0 Å². The second-order valence-electron chi connectivity index (χ2n) is 3.96. The Morgan fingerprint density at radius 1 is 1.50 bits per heavy atom. The Hall–Kier alpha value is -2.37. The minimum absolute atomic E-state index is 0.0282. The summed E-state index contributed by atoms with van der Waals surface area (Å²) in [6.07, 6.45) is 0.819. The van der Waals surface area contributed by atoms with Crippen LogP contribution in [0.2, 0.25) is 0 Å². The van der Waals surface area contributed by atoms with Crippen LogP contribution in [0.3, 0.4) is 0 Å². The summed E-state index contributed by atoms with van der Waals surface area (Å²) in [5.74, 6) is -0.438. The van der Waals surface area contributed by atoms with Gasteiger partial charge in [0.1, 0.15) is 11.6 Å². The first-order chi connectivity index (χ1) is 8.54. The molecule has 0 fully saturated rings. The lowest BCUT2D eigenvalue weighted by Crippen LogP contribution is -2.03. The van der Waals surface area contributed by atoms with Gasteiger partial charge in [-0.1, -0.05) is 0 Å². The largest absolute Gasteiger partial charge is 0.507 e. The molecule has 0 bridgehead atoms. The zero-order valence-corrected chi connectivity index (χ0v) is 9.75. The summed E-state index contributed by atoms with van der Waals surface area (Å²) >= 11 is 0. The third-order valence-corrected chi connectivity index (χ3v) is 2.83. The summed E-state index contributed by atoms with van der Waals surface area (Å²) in [6, 6.07) is 3.00. The van der Waals surface area contributed by atoms with Gasteiger partial charge >= 0.3 is 5.97 Å². The number of benzene rings is 1. The first-order valence-corrected chi connectivity index (χ1v) is 5.39. The highest BCUT2D eigenvalue weighted by Crippen LogP contribution is 2.26. The predicted octanol–water partition coefficient (Wildman–Crippen LogP) is 1.11. The van der Waals surface area contributed by atoms with E-state index in [2.05, 4.69) is 4.98 Å². The van der Waals surface area contributed by atoms with E-state index in [-0.39, 0.29) is 24.2 Å². The number of aromatic nitrogens is 2. The predicted molar refractivity (Wildman–Crippen MR) is 63.7 cm³/mol. The summed E-state index contributed by atoms with van der Waals surface area (Å²) in [5, 5.41) is 18.2. The van der Waals surface area contributed by atoms with Gasteiger partial charge in [-0.2, -0.15) is 0 Å². The molecule has 0 saturated heterocycles. The molecule has 6 heteroatoms. The highest BCUT2D eigenvalue weighted by Gasteiger charge is 2.14. The van der Waals surface area contributed by atoms with Crippen molar-refractivity contribution in [3.63, 3.8) is 0 Å². The maximum Gasteiger partial charge on any atom is 0.303 e. The smallest absolute Gasteiger partial charge is 0.303 e. The van der Waals surface area contributed by atoms with Crippen molar-refractivity contribution in [1.82, 2.24) is 9.55 Å². The number of rotatable bonds is 4. The number of carbonyl (C=O) groups excluding carboxylic acids is 1. The molecule has 0 unspecified atom stereocenters. The highest BCUT2D eigenvalue weighted by atomic mass is 16.4. The summed E-state index contributed by atoms with van der Waals surface area (Å²) in [7, 11) is 1.69. The summed E-state index contributed by atoms with van der Waals surface area (Å²) in [5.41, 5.74) is 1.26. The van der Waals surface area contributed by atoms with E-state index in [0.29, 0.717) is 23.1 Å². The van der Waals surface area contributed by atoms with Crippen LogP contribution in [0.4, 0.5) is 0 Å². The van der Waals surface area contributed by atoms with Crippen LogP contribution in [0.1, 0.15) is 22.6 Å². The van der Waals surface area contributed by atoms with Crippen molar-refractivity contribution in [3.8, 4) is 5.75 Å². The van der Waals surface area contributed by atoms with E-state index in [1.165, 1.54) is 6.07 Å². The zero-order valence-electron chi connectivity index (χ0n) is 9.75. The SMILES string of the molecule is Cn1c(CCC(=O)O)nc2ccc(O)c(C=O)c21. The molecule has 0 aliphatic heterocycles. The molecule has 0 aliphatic carbocycles. The van der Waals surface area contributed by atoms with E-state index in [1.807, 2.05) is 0 Å². The fourth-order valence-corrected chi connectivity index (χ4v) is 1.93. The molecule has 0 saturated carbocycles. The van der Waals surface area contributed by atoms with Gasteiger partial charge in [-0.05, 0) is 12.1 Å². The number of aryl methyl sites for hydroxylation is 2. The Labute approximate surface area is 102 Å². The Kier molecular flexibility index (Phi) is 3.01. The van der Waals surface area contributed by atoms with Crippen LogP contribution < -0.4 is 0 Å². The van der Waals surface area contributed by atoms with Gasteiger partial charge in [0.25, 0.3) is 0 Å². The van der Waals surface area contributed by atoms with E-state index in [4.69, 9.17) is 5.11 Å². The summed E-state index contributed by atoms with van der Waals surface area (Å²) in [6.45, 7) is 0. The molecule has 94 valence electrons. The van der Waals surface area contributed by atoms with Gasteiger partial charge in [-0.25, -0.2) is 4.98 Å². The number of carboxylic acid groups (broad SMARTS) is 1. The fourth-order valence-electron chi connectivity index (χ4n) is 1.93. The van der Waals surface area contributed by atoms with Crippen LogP contribution in [0.25, 0.3) is 11.0 Å². The Morgan fingerprint density at radius 3 is 2.83 bits per heavy atom. The molecule has 0 amide bonds. The van der Waals surface area contributed by atoms with Crippen molar-refractivity contribution in [1.29, 1.82) is 0 Å². The molecule has 1 aromatic carbocycles. The van der Waals surface area contributed by atoms with Crippen molar-refractivity contribution in [2.75, 3.05) is 0 Å². The fraction of sp³-hybridized carbons (Fsp3) is 0.250. The molecule has 6 nitrogen and oxygen atoms in total. The summed E-state index contributed by atoms with van der Waals surface area (Å²) in [4.78, 5) is 25.8. The minimum atomic E-state index is -0.902. The van der Waals surface area contributed by atoms with Gasteiger partial charge < -0.3 is 14.8 Å². The topological polar surface area (TPSA) is 92.4 Å². The molecule has 1 heterocycles. The van der Waals surface area contributed by atoms with Crippen molar-refractivity contribution in [2.45, 2.75) is 12.8 Å². The second kappa shape index (κ2) is 4.48. The van der Waals surface area contributed by atoms with Crippen molar-refractivity contribution < 1.29 is 19.8 Å². The lowest BCUT2D eigenvalue weighted by Gasteiger charge is -2.03. The Balaban J connectivity index is 2.56. The van der Waals surface area contributed by atoms with E-state index in [9.17, 15) is 14.7 Å². The van der Waals surface area contributed by atoms with Crippen LogP contribution >= 0.6 is 0 Å². The average molecular weight is 248 g/mol. The van der Waals surface area contributed by atoms with E-state index < -0.39 is 5.97 Å². The number of aromatic hydroxyl groups is 1. The normalized spacial score (nSPS) is 10.7. The minimum Gasteiger partial charge on any atom is -0.507 e. The average Bonchev–Trinajstić information content (AvgIpc) is 2.64. The number of phenolic OH excluding ortho intramolecular Hbond substituents is 1. The van der Waals surface area contributed by atoms with Crippen LogP contribution in [-0.2, 0) is 18.3 Å². The molecule has 18 heavy (non-hydrogen) atoms. The molecule has 0 radical (unpaired) electrons. The number of aliphatic carboxylic acids is 1. The summed E-state index contributed by atoms with van der Waals surface area (Å²) < 4.78 is 1.64. The molecule has 1 aromatic heterocycles. The quantitative estimate of drug-likeness (QED) is 0.790. The third kappa shape index (κ3) is 1.92. The number of aldehydes is 1. The maximum atomic E-state index is 11.0. The molecular weight excluding hydrogens is 236 g/mol. The third-order valence-electron chi connectivity index (χ3n) is 2.83. The first kappa shape index (κ1) is 12.1. The zero-order chi connectivity index (χ0) is 13.3. The lowest BCUT2D eigenvalue weighted by molar-refractivity contribution is -0.137. The van der Waals surface area contributed by atoms with Gasteiger partial charge in [0, 0.05) is 13.5 Å². The number of hydrogen-bond acceptors (Lipinski definition) is 4. The molecule has 0 atom stereocenters. The number of hydrogen-bond donors (Lipinski definition) is 2. The first-order valence-electron chi connectivity index (χ1n) is 5.39.